The second-order valence-corrected chi connectivity index (χ2v) is 10.9. The minimum absolute atomic E-state index is 0.502. The van der Waals surface area contributed by atoms with Crippen molar-refractivity contribution in [1.82, 2.24) is 0 Å². The summed E-state index contributed by atoms with van der Waals surface area (Å²) in [5.41, 5.74) is -0.590. The van der Waals surface area contributed by atoms with E-state index < -0.39 is 17.7 Å². The summed E-state index contributed by atoms with van der Waals surface area (Å²) in [4.78, 5) is 10.7. The Labute approximate surface area is 86.6 Å². The molecule has 0 radical (unpaired) electrons. The first-order chi connectivity index (χ1) is 5.41. The van der Waals surface area contributed by atoms with Crippen LogP contribution in [0.3, 0.4) is 0 Å². The number of rotatable bonds is 4. The summed E-state index contributed by atoms with van der Waals surface area (Å²) in [5.74, 6) is -0.555. The van der Waals surface area contributed by atoms with Gasteiger partial charge in [-0.25, -0.2) is 4.79 Å². The summed E-state index contributed by atoms with van der Waals surface area (Å²) in [7, 11) is 0. The fourth-order valence-electron chi connectivity index (χ4n) is 0.570. The van der Waals surface area contributed by atoms with Gasteiger partial charge in [0, 0.05) is 6.08 Å². The largest absolute Gasteiger partial charge is 0.458 e. The molecule has 0 N–H and O–H groups in total. The fraction of sp³-hybridized carbons (Fsp3) is 0.500. The van der Waals surface area contributed by atoms with Crippen LogP contribution in [0.15, 0.2) is 12.7 Å². The van der Waals surface area contributed by atoms with Crippen molar-refractivity contribution in [1.29, 1.82) is 0 Å². The van der Waals surface area contributed by atoms with E-state index in [9.17, 15) is 4.79 Å². The number of hydrogen-bond acceptors (Lipinski definition) is 2. The Morgan fingerprint density at radius 3 is 2.42 bits per heavy atom. The molecule has 0 aromatic rings. The van der Waals surface area contributed by atoms with Crippen LogP contribution in [0.5, 0.6) is 0 Å². The molecule has 6 heteroatoms. The standard InChI is InChI=1S/C6H9Cl3O2Si/c1-3-5(10)11-6(4-2)12(7,8)9/h3,6H,1,4H2,2H3. The molecule has 0 aliphatic heterocycles. The molecule has 0 saturated carbocycles. The van der Waals surface area contributed by atoms with Crippen LogP contribution < -0.4 is 0 Å². The van der Waals surface area contributed by atoms with E-state index in [1.54, 1.807) is 6.92 Å². The van der Waals surface area contributed by atoms with Crippen molar-refractivity contribution in [2.75, 3.05) is 0 Å². The zero-order valence-electron chi connectivity index (χ0n) is 6.52. The molecule has 1 atom stereocenters. The van der Waals surface area contributed by atoms with E-state index in [0.29, 0.717) is 6.42 Å². The summed E-state index contributed by atoms with van der Waals surface area (Å²) in [6.07, 6.45) is 1.55. The van der Waals surface area contributed by atoms with Crippen molar-refractivity contribution in [2.24, 2.45) is 0 Å². The molecule has 0 rings (SSSR count). The highest BCUT2D eigenvalue weighted by Gasteiger charge is 2.38. The van der Waals surface area contributed by atoms with E-state index in [2.05, 4.69) is 6.58 Å². The van der Waals surface area contributed by atoms with Crippen molar-refractivity contribution in [2.45, 2.75) is 19.1 Å². The third kappa shape index (κ3) is 4.35. The molecule has 0 aromatic heterocycles. The summed E-state index contributed by atoms with van der Waals surface area (Å²) in [6, 6.07) is -2.94. The predicted molar refractivity (Wildman–Crippen MR) is 53.7 cm³/mol. The van der Waals surface area contributed by atoms with Gasteiger partial charge in [0.05, 0.1) is 0 Å². The lowest BCUT2D eigenvalue weighted by molar-refractivity contribution is -0.139. The average Bonchev–Trinajstić information content (AvgIpc) is 1.97. The highest BCUT2D eigenvalue weighted by Crippen LogP contribution is 2.28. The van der Waals surface area contributed by atoms with E-state index in [1.165, 1.54) is 0 Å². The van der Waals surface area contributed by atoms with E-state index in [1.807, 2.05) is 0 Å². The monoisotopic (exact) mass is 246 g/mol. The Morgan fingerprint density at radius 1 is 1.67 bits per heavy atom. The molecule has 1 unspecified atom stereocenters. The number of carbonyl (C=O) groups excluding carboxylic acids is 1. The second kappa shape index (κ2) is 5.12. The molecule has 0 aliphatic rings. The highest BCUT2D eigenvalue weighted by atomic mass is 35.8. The molecular formula is C6H9Cl3O2Si. The lowest BCUT2D eigenvalue weighted by atomic mass is 10.5. The molecule has 0 spiro atoms. The Kier molecular flexibility index (Phi) is 5.25. The maximum Gasteiger partial charge on any atom is 0.381 e. The number of halogens is 3. The maximum atomic E-state index is 10.7. The van der Waals surface area contributed by atoms with E-state index in [0.717, 1.165) is 6.08 Å². The third-order valence-electron chi connectivity index (χ3n) is 1.16. The van der Waals surface area contributed by atoms with Crippen molar-refractivity contribution in [3.63, 3.8) is 0 Å². The maximum absolute atomic E-state index is 10.7. The summed E-state index contributed by atoms with van der Waals surface area (Å²) < 4.78 is 4.82. The van der Waals surface area contributed by atoms with Crippen molar-refractivity contribution < 1.29 is 9.53 Å². The first kappa shape index (κ1) is 12.3. The molecular weight excluding hydrogens is 239 g/mol. The van der Waals surface area contributed by atoms with E-state index in [-0.39, 0.29) is 0 Å². The SMILES string of the molecule is C=CC(=O)OC(CC)[Si](Cl)(Cl)Cl. The minimum Gasteiger partial charge on any atom is -0.458 e. The molecule has 0 aromatic carbocycles. The van der Waals surface area contributed by atoms with E-state index >= 15 is 0 Å². The molecule has 2 nitrogen and oxygen atoms in total. The van der Waals surface area contributed by atoms with Crippen LogP contribution in [0.4, 0.5) is 0 Å². The summed E-state index contributed by atoms with van der Waals surface area (Å²) >= 11 is 17.0. The zero-order valence-corrected chi connectivity index (χ0v) is 9.79. The van der Waals surface area contributed by atoms with Gasteiger partial charge in [0.1, 0.15) is 5.73 Å². The van der Waals surface area contributed by atoms with Gasteiger partial charge in [0.25, 0.3) is 0 Å². The number of hydrogen-bond donors (Lipinski definition) is 0. The second-order valence-electron chi connectivity index (χ2n) is 2.08. The zero-order chi connectivity index (χ0) is 9.78. The third-order valence-corrected chi connectivity index (χ3v) is 4.61. The Balaban J connectivity index is 4.18. The molecule has 0 bridgehead atoms. The Morgan fingerprint density at radius 2 is 2.17 bits per heavy atom. The van der Waals surface area contributed by atoms with Gasteiger partial charge < -0.3 is 4.74 Å². The number of esters is 1. The van der Waals surface area contributed by atoms with Gasteiger partial charge in [0.2, 0.25) is 0 Å². The van der Waals surface area contributed by atoms with Gasteiger partial charge in [-0.15, -0.1) is 33.2 Å². The number of carbonyl (C=O) groups is 1. The first-order valence-electron chi connectivity index (χ1n) is 3.31. The van der Waals surface area contributed by atoms with E-state index in [4.69, 9.17) is 38.0 Å². The topological polar surface area (TPSA) is 26.3 Å². The Bertz CT molecular complexity index is 178. The lowest BCUT2D eigenvalue weighted by Crippen LogP contribution is -2.34. The molecule has 0 fully saturated rings. The van der Waals surface area contributed by atoms with Gasteiger partial charge in [-0.1, -0.05) is 13.5 Å². The molecule has 0 aliphatic carbocycles. The van der Waals surface area contributed by atoms with Crippen molar-refractivity contribution >= 4 is 45.2 Å². The van der Waals surface area contributed by atoms with Crippen LogP contribution in [0, 0.1) is 0 Å². The molecule has 0 heterocycles. The van der Waals surface area contributed by atoms with Crippen LogP contribution in [0.1, 0.15) is 13.3 Å². The van der Waals surface area contributed by atoms with Crippen LogP contribution >= 0.6 is 33.2 Å². The Hall–Kier alpha value is 0.297. The molecule has 0 saturated heterocycles. The van der Waals surface area contributed by atoms with Gasteiger partial charge in [-0.3, -0.25) is 0 Å². The van der Waals surface area contributed by atoms with Crippen LogP contribution in [-0.4, -0.2) is 17.7 Å². The van der Waals surface area contributed by atoms with Gasteiger partial charge in [-0.2, -0.15) is 0 Å². The molecule has 70 valence electrons. The quantitative estimate of drug-likeness (QED) is 0.330. The van der Waals surface area contributed by atoms with Crippen molar-refractivity contribution in [3.8, 4) is 0 Å². The minimum atomic E-state index is -2.94. The average molecular weight is 248 g/mol. The van der Waals surface area contributed by atoms with Crippen LogP contribution in [0.25, 0.3) is 0 Å². The van der Waals surface area contributed by atoms with Gasteiger partial charge >= 0.3 is 12.0 Å². The van der Waals surface area contributed by atoms with Crippen molar-refractivity contribution in [3.05, 3.63) is 12.7 Å². The predicted octanol–water partition coefficient (Wildman–Crippen LogP) is 2.69. The molecule has 0 amide bonds. The van der Waals surface area contributed by atoms with Crippen LogP contribution in [0.2, 0.25) is 0 Å². The smallest absolute Gasteiger partial charge is 0.381 e. The summed E-state index contributed by atoms with van der Waals surface area (Å²) in [6.45, 7) is 5.03. The summed E-state index contributed by atoms with van der Waals surface area (Å²) in [5, 5.41) is 0. The van der Waals surface area contributed by atoms with Gasteiger partial charge in [-0.05, 0) is 6.42 Å². The first-order valence-corrected chi connectivity index (χ1v) is 8.42. The van der Waals surface area contributed by atoms with Crippen LogP contribution in [-0.2, 0) is 9.53 Å². The lowest BCUT2D eigenvalue weighted by Gasteiger charge is -2.19. The van der Waals surface area contributed by atoms with Gasteiger partial charge in [0.15, 0.2) is 0 Å². The fourth-order valence-corrected chi connectivity index (χ4v) is 3.07. The molecule has 12 heavy (non-hydrogen) atoms. The normalized spacial score (nSPS) is 13.7. The number of ether oxygens (including phenoxy) is 1. The highest BCUT2D eigenvalue weighted by molar-refractivity contribution is 7.65.